The number of carbonyl (C=O) groups excluding carboxylic acids is 2. The molecule has 0 saturated carbocycles. The first kappa shape index (κ1) is 25.8. The number of anilines is 2. The van der Waals surface area contributed by atoms with Crippen LogP contribution < -0.4 is 20.3 Å². The summed E-state index contributed by atoms with van der Waals surface area (Å²) < 4.78 is 20.3. The minimum absolute atomic E-state index is 0.0958. The fourth-order valence-electron chi connectivity index (χ4n) is 4.42. The maximum absolute atomic E-state index is 14.0. The summed E-state index contributed by atoms with van der Waals surface area (Å²) >= 11 is 12.4. The molecular formula is C27H26Cl2FN3O3. The van der Waals surface area contributed by atoms with Crippen molar-refractivity contribution in [1.82, 2.24) is 5.32 Å². The van der Waals surface area contributed by atoms with Crippen molar-refractivity contribution in [2.24, 2.45) is 0 Å². The SMILES string of the molecule is Cc1cc(NC(=O)NC(=O)c2c(F)cccc2Cl)cc(Cl)c1Oc1ccc(N(C)C)c2c1CCCC2. The molecule has 0 unspecified atom stereocenters. The summed E-state index contributed by atoms with van der Waals surface area (Å²) in [6.45, 7) is 1.81. The van der Waals surface area contributed by atoms with Crippen LogP contribution in [0.15, 0.2) is 42.5 Å². The minimum Gasteiger partial charge on any atom is -0.455 e. The quantitative estimate of drug-likeness (QED) is 0.368. The molecule has 188 valence electrons. The third-order valence-electron chi connectivity index (χ3n) is 6.06. The maximum Gasteiger partial charge on any atom is 0.326 e. The molecule has 0 heterocycles. The van der Waals surface area contributed by atoms with Crippen molar-refractivity contribution in [3.05, 3.63) is 80.6 Å². The number of benzene rings is 3. The van der Waals surface area contributed by atoms with Crippen molar-refractivity contribution < 1.29 is 18.7 Å². The van der Waals surface area contributed by atoms with Crippen LogP contribution in [0.3, 0.4) is 0 Å². The van der Waals surface area contributed by atoms with Crippen molar-refractivity contribution in [3.8, 4) is 11.5 Å². The highest BCUT2D eigenvalue weighted by atomic mass is 35.5. The number of rotatable bonds is 5. The average Bonchev–Trinajstić information content (AvgIpc) is 2.81. The van der Waals surface area contributed by atoms with Gasteiger partial charge in [0.2, 0.25) is 0 Å². The fourth-order valence-corrected chi connectivity index (χ4v) is 4.97. The van der Waals surface area contributed by atoms with E-state index in [1.165, 1.54) is 35.0 Å². The van der Waals surface area contributed by atoms with Gasteiger partial charge in [-0.2, -0.15) is 0 Å². The summed E-state index contributed by atoms with van der Waals surface area (Å²) in [5, 5.41) is 4.82. The van der Waals surface area contributed by atoms with Crippen LogP contribution in [-0.2, 0) is 12.8 Å². The summed E-state index contributed by atoms with van der Waals surface area (Å²) in [5.74, 6) is -0.522. The van der Waals surface area contributed by atoms with Gasteiger partial charge in [0, 0.05) is 31.0 Å². The number of amides is 3. The predicted molar refractivity (Wildman–Crippen MR) is 142 cm³/mol. The predicted octanol–water partition coefficient (Wildman–Crippen LogP) is 7.14. The molecule has 0 bridgehead atoms. The largest absolute Gasteiger partial charge is 0.455 e. The number of nitrogens with zero attached hydrogens (tertiary/aromatic N) is 1. The lowest BCUT2D eigenvalue weighted by Crippen LogP contribution is -2.35. The molecule has 6 nitrogen and oxygen atoms in total. The van der Waals surface area contributed by atoms with Crippen molar-refractivity contribution in [2.45, 2.75) is 32.6 Å². The van der Waals surface area contributed by atoms with E-state index in [1.807, 2.05) is 27.1 Å². The zero-order valence-electron chi connectivity index (χ0n) is 20.2. The topological polar surface area (TPSA) is 70.7 Å². The summed E-state index contributed by atoms with van der Waals surface area (Å²) in [5.41, 5.74) is 4.32. The zero-order chi connectivity index (χ0) is 26.0. The summed E-state index contributed by atoms with van der Waals surface area (Å²) in [6.07, 6.45) is 4.18. The molecule has 3 aromatic rings. The van der Waals surface area contributed by atoms with E-state index in [4.69, 9.17) is 27.9 Å². The Morgan fingerprint density at radius 2 is 1.72 bits per heavy atom. The Bertz CT molecular complexity index is 1300. The number of halogens is 3. The lowest BCUT2D eigenvalue weighted by Gasteiger charge is -2.26. The second-order valence-corrected chi connectivity index (χ2v) is 9.67. The molecule has 2 N–H and O–H groups in total. The second kappa shape index (κ2) is 10.8. The van der Waals surface area contributed by atoms with Gasteiger partial charge < -0.3 is 15.0 Å². The molecule has 9 heteroatoms. The van der Waals surface area contributed by atoms with Gasteiger partial charge in [-0.3, -0.25) is 10.1 Å². The Kier molecular flexibility index (Phi) is 7.71. The van der Waals surface area contributed by atoms with E-state index in [1.54, 1.807) is 6.07 Å². The first-order valence-corrected chi connectivity index (χ1v) is 12.3. The van der Waals surface area contributed by atoms with E-state index in [9.17, 15) is 14.0 Å². The van der Waals surface area contributed by atoms with E-state index in [0.717, 1.165) is 37.5 Å². The van der Waals surface area contributed by atoms with Crippen molar-refractivity contribution in [2.75, 3.05) is 24.3 Å². The number of fused-ring (bicyclic) bond motifs is 1. The van der Waals surface area contributed by atoms with E-state index >= 15 is 0 Å². The lowest BCUT2D eigenvalue weighted by molar-refractivity contribution is 0.0963. The zero-order valence-corrected chi connectivity index (χ0v) is 21.7. The van der Waals surface area contributed by atoms with Gasteiger partial charge in [0.1, 0.15) is 17.3 Å². The Hall–Kier alpha value is -3.29. The number of ether oxygens (including phenoxy) is 1. The van der Waals surface area contributed by atoms with Crippen LogP contribution in [0.2, 0.25) is 10.0 Å². The highest BCUT2D eigenvalue weighted by Crippen LogP contribution is 2.41. The molecule has 0 saturated heterocycles. The Balaban J connectivity index is 1.52. The number of urea groups is 1. The first-order valence-electron chi connectivity index (χ1n) is 11.5. The molecule has 0 radical (unpaired) electrons. The van der Waals surface area contributed by atoms with E-state index < -0.39 is 23.3 Å². The van der Waals surface area contributed by atoms with Gasteiger partial charge in [0.15, 0.2) is 0 Å². The van der Waals surface area contributed by atoms with E-state index in [0.29, 0.717) is 22.0 Å². The summed E-state index contributed by atoms with van der Waals surface area (Å²) in [4.78, 5) is 26.8. The van der Waals surface area contributed by atoms with Gasteiger partial charge in [-0.1, -0.05) is 29.3 Å². The van der Waals surface area contributed by atoms with E-state index in [2.05, 4.69) is 21.6 Å². The van der Waals surface area contributed by atoms with Crippen molar-refractivity contribution in [3.63, 3.8) is 0 Å². The molecule has 0 atom stereocenters. The van der Waals surface area contributed by atoms with Gasteiger partial charge in [0.25, 0.3) is 5.91 Å². The molecule has 0 fully saturated rings. The van der Waals surface area contributed by atoms with E-state index in [-0.39, 0.29) is 5.02 Å². The maximum atomic E-state index is 14.0. The third kappa shape index (κ3) is 5.42. The molecule has 3 aromatic carbocycles. The lowest BCUT2D eigenvalue weighted by atomic mass is 9.89. The van der Waals surface area contributed by atoms with Crippen molar-refractivity contribution >= 4 is 46.5 Å². The molecule has 4 rings (SSSR count). The molecule has 0 aromatic heterocycles. The standard InChI is InChI=1S/C27H26Cl2FN3O3/c1-15-13-16(31-27(35)32-26(34)24-19(28)9-6-10-21(24)30)14-20(29)25(15)36-23-12-11-22(33(2)3)17-7-4-5-8-18(17)23/h6,9-14H,4-5,7-8H2,1-3H3,(H2,31,32,34,35). The summed E-state index contributed by atoms with van der Waals surface area (Å²) in [7, 11) is 4.07. The fraction of sp³-hybridized carbons (Fsp3) is 0.259. The number of imide groups is 1. The molecule has 1 aliphatic carbocycles. The van der Waals surface area contributed by atoms with Gasteiger partial charge in [-0.05, 0) is 80.1 Å². The molecule has 1 aliphatic rings. The number of hydrogen-bond acceptors (Lipinski definition) is 4. The smallest absolute Gasteiger partial charge is 0.326 e. The molecule has 0 aliphatic heterocycles. The number of aryl methyl sites for hydroxylation is 1. The van der Waals surface area contributed by atoms with Crippen LogP contribution in [0.4, 0.5) is 20.6 Å². The number of carbonyl (C=O) groups is 2. The Labute approximate surface area is 219 Å². The monoisotopic (exact) mass is 529 g/mol. The normalized spacial score (nSPS) is 12.5. The highest BCUT2D eigenvalue weighted by Gasteiger charge is 2.22. The minimum atomic E-state index is -0.954. The molecule has 3 amide bonds. The third-order valence-corrected chi connectivity index (χ3v) is 6.66. The van der Waals surface area contributed by atoms with Crippen LogP contribution in [0.25, 0.3) is 0 Å². The van der Waals surface area contributed by atoms with Crippen LogP contribution in [0.5, 0.6) is 11.5 Å². The highest BCUT2D eigenvalue weighted by molar-refractivity contribution is 6.34. The molecular weight excluding hydrogens is 504 g/mol. The number of hydrogen-bond donors (Lipinski definition) is 2. The van der Waals surface area contributed by atoms with Gasteiger partial charge >= 0.3 is 6.03 Å². The second-order valence-electron chi connectivity index (χ2n) is 8.85. The van der Waals surface area contributed by atoms with Crippen LogP contribution in [0.1, 0.15) is 39.9 Å². The average molecular weight is 530 g/mol. The van der Waals surface area contributed by atoms with Gasteiger partial charge in [0.05, 0.1) is 15.6 Å². The Morgan fingerprint density at radius 3 is 2.39 bits per heavy atom. The van der Waals surface area contributed by atoms with Gasteiger partial charge in [-0.25, -0.2) is 9.18 Å². The van der Waals surface area contributed by atoms with Crippen LogP contribution >= 0.6 is 23.2 Å². The molecule has 36 heavy (non-hydrogen) atoms. The molecule has 0 spiro atoms. The number of nitrogens with one attached hydrogen (secondary N) is 2. The van der Waals surface area contributed by atoms with Gasteiger partial charge in [-0.15, -0.1) is 0 Å². The van der Waals surface area contributed by atoms with Crippen LogP contribution in [0, 0.1) is 12.7 Å². The van der Waals surface area contributed by atoms with Crippen LogP contribution in [-0.4, -0.2) is 26.0 Å². The first-order chi connectivity index (χ1) is 17.2. The Morgan fingerprint density at radius 1 is 1.00 bits per heavy atom. The summed E-state index contributed by atoms with van der Waals surface area (Å²) in [6, 6.07) is 10.2. The van der Waals surface area contributed by atoms with Crippen molar-refractivity contribution in [1.29, 1.82) is 0 Å².